The van der Waals surface area contributed by atoms with E-state index in [2.05, 4.69) is 13.8 Å². The smallest absolute Gasteiger partial charge is 0.0533 e. The van der Waals surface area contributed by atoms with Gasteiger partial charge >= 0.3 is 0 Å². The molecular weight excluding hydrogens is 388 g/mol. The van der Waals surface area contributed by atoms with E-state index in [1.165, 1.54) is 193 Å². The van der Waals surface area contributed by atoms with Crippen LogP contribution in [0.5, 0.6) is 0 Å². The van der Waals surface area contributed by atoms with Crippen LogP contribution in [0.4, 0.5) is 0 Å². The Balaban J connectivity index is 2.98. The van der Waals surface area contributed by atoms with Gasteiger partial charge in [0.05, 0.1) is 0 Å². The summed E-state index contributed by atoms with van der Waals surface area (Å²) in [6.45, 7) is 4.61. The minimum absolute atomic E-state index is 1.37. The van der Waals surface area contributed by atoms with Crippen LogP contribution >= 0.6 is 0 Å². The summed E-state index contributed by atoms with van der Waals surface area (Å²) in [5.41, 5.74) is 0. The lowest BCUT2D eigenvalue weighted by molar-refractivity contribution is 0.513. The van der Waals surface area contributed by atoms with Crippen molar-refractivity contribution >= 4 is 0 Å². The van der Waals surface area contributed by atoms with E-state index in [9.17, 15) is 0 Å². The molecule has 0 nitrogen and oxygen atoms in total. The average molecular weight is 455 g/mol. The van der Waals surface area contributed by atoms with Gasteiger partial charge in [-0.05, 0) is 0 Å². The number of hydrogen-bond donors (Lipinski definition) is 0. The molecule has 0 fully saturated rings. The molecule has 0 aliphatic carbocycles. The second-order valence-electron chi connectivity index (χ2n) is 10.9. The highest BCUT2D eigenvalue weighted by molar-refractivity contribution is 4.52. The summed E-state index contributed by atoms with van der Waals surface area (Å²) in [4.78, 5) is 0. The molecule has 0 aromatic carbocycles. The van der Waals surface area contributed by atoms with Gasteiger partial charge in [0.1, 0.15) is 0 Å². The minimum atomic E-state index is 1.37. The van der Waals surface area contributed by atoms with Gasteiger partial charge in [-0.3, -0.25) is 0 Å². The molecule has 0 N–H and O–H groups in total. The van der Waals surface area contributed by atoms with Gasteiger partial charge in [0.15, 0.2) is 0 Å². The van der Waals surface area contributed by atoms with Crippen LogP contribution in [0.15, 0.2) is 0 Å². The predicted octanol–water partition coefficient (Wildman–Crippen LogP) is 12.7. The van der Waals surface area contributed by atoms with E-state index in [1.807, 2.05) is 0 Å². The molecule has 0 aliphatic heterocycles. The van der Waals surface area contributed by atoms with Gasteiger partial charge in [-0.25, -0.2) is 0 Å². The highest BCUT2D eigenvalue weighted by atomic mass is 15.3. The van der Waals surface area contributed by atoms with Crippen molar-refractivity contribution < 1.29 is 0 Å². The molecule has 0 radical (unpaired) electrons. The molecule has 0 atom stereocenters. The summed E-state index contributed by atoms with van der Waals surface area (Å²) in [5.74, 6) is 0. The van der Waals surface area contributed by atoms with Gasteiger partial charge in [-0.1, -0.05) is 206 Å². The Hall–Kier alpha value is 0. The number of unbranched alkanes of at least 4 members (excludes halogenated alkanes) is 29. The van der Waals surface area contributed by atoms with Crippen molar-refractivity contribution in [2.45, 2.75) is 206 Å². The van der Waals surface area contributed by atoms with E-state index in [0.29, 0.717) is 0 Å². The molecule has 0 aromatic heterocycles. The third-order valence-electron chi connectivity index (χ3n) is 7.46. The topological polar surface area (TPSA) is 0 Å². The van der Waals surface area contributed by atoms with Crippen LogP contribution in [0, 0.1) is 0 Å². The molecule has 0 aromatic rings. The van der Waals surface area contributed by atoms with Crippen molar-refractivity contribution in [2.75, 3.05) is 0 Å². The van der Waals surface area contributed by atoms with E-state index in [1.54, 1.807) is 0 Å². The maximum absolute atomic E-state index is 2.31. The van der Waals surface area contributed by atoms with Crippen LogP contribution < -0.4 is 0 Å². The third kappa shape index (κ3) is 30.0. The SMILES string of the molecule is CCCCCCCCCCCCCCC[14CH2][14CH2]CCCCCCCCCCCCCCC. The standard InChI is InChI=1S/C32H66/c1-3-5-7-9-11-13-15-17-19-21-23-25-27-29-31-32-30-28-26-24-22-20-18-16-14-12-10-8-6-4-2/h3-32H2,1-2H3/i31+2,32+2. The van der Waals surface area contributed by atoms with Crippen LogP contribution in [0.3, 0.4) is 0 Å². The zero-order valence-corrected chi connectivity index (χ0v) is 23.2. The molecule has 194 valence electrons. The Labute approximate surface area is 206 Å². The van der Waals surface area contributed by atoms with E-state index >= 15 is 0 Å². The molecule has 0 unspecified atom stereocenters. The van der Waals surface area contributed by atoms with Gasteiger partial charge in [0, 0.05) is 0 Å². The molecule has 0 bridgehead atoms. The summed E-state index contributed by atoms with van der Waals surface area (Å²) in [5, 5.41) is 0. The molecule has 0 heteroatoms. The van der Waals surface area contributed by atoms with Crippen LogP contribution in [-0.4, -0.2) is 0 Å². The van der Waals surface area contributed by atoms with E-state index in [0.717, 1.165) is 0 Å². The van der Waals surface area contributed by atoms with Crippen molar-refractivity contribution in [3.05, 3.63) is 0 Å². The Kier molecular flexibility index (Phi) is 31.0. The fourth-order valence-corrected chi connectivity index (χ4v) is 5.10. The molecule has 0 amide bonds. The molecule has 0 spiro atoms. The van der Waals surface area contributed by atoms with Crippen LogP contribution in [0.2, 0.25) is 0 Å². The summed E-state index contributed by atoms with van der Waals surface area (Å²) in [6.07, 6.45) is 44.4. The normalized spacial score (nSPS) is 11.4. The Morgan fingerprint density at radius 3 is 0.656 bits per heavy atom. The Morgan fingerprint density at radius 1 is 0.250 bits per heavy atom. The maximum atomic E-state index is 2.31. The molecule has 32 heavy (non-hydrogen) atoms. The maximum Gasteiger partial charge on any atom is -0.0533 e. The minimum Gasteiger partial charge on any atom is -0.0654 e. The van der Waals surface area contributed by atoms with Crippen molar-refractivity contribution in [1.82, 2.24) is 0 Å². The first-order valence-electron chi connectivity index (χ1n) is 15.9. The molecular formula is C32H66. The molecule has 0 aliphatic rings. The molecule has 0 heterocycles. The molecule has 0 saturated heterocycles. The van der Waals surface area contributed by atoms with Crippen LogP contribution in [0.1, 0.15) is 206 Å². The lowest BCUT2D eigenvalue weighted by Gasteiger charge is -2.04. The monoisotopic (exact) mass is 455 g/mol. The predicted molar refractivity (Wildman–Crippen MR) is 150 cm³/mol. The summed E-state index contributed by atoms with van der Waals surface area (Å²) >= 11 is 0. The van der Waals surface area contributed by atoms with E-state index in [4.69, 9.17) is 0 Å². The van der Waals surface area contributed by atoms with Crippen molar-refractivity contribution in [3.63, 3.8) is 0 Å². The molecule has 0 rings (SSSR count). The average Bonchev–Trinajstić information content (AvgIpc) is 2.81. The largest absolute Gasteiger partial charge is 0.0654 e. The number of rotatable bonds is 29. The first kappa shape index (κ1) is 32.0. The van der Waals surface area contributed by atoms with Gasteiger partial charge in [-0.15, -0.1) is 0 Å². The van der Waals surface area contributed by atoms with Crippen LogP contribution in [0.25, 0.3) is 0 Å². The molecule has 0 saturated carbocycles. The second kappa shape index (κ2) is 31.0. The summed E-state index contributed by atoms with van der Waals surface area (Å²) < 4.78 is 0. The van der Waals surface area contributed by atoms with Gasteiger partial charge < -0.3 is 0 Å². The Morgan fingerprint density at radius 2 is 0.438 bits per heavy atom. The lowest BCUT2D eigenvalue weighted by Crippen LogP contribution is -1.85. The lowest BCUT2D eigenvalue weighted by atomic mass is 10.0. The highest BCUT2D eigenvalue weighted by Gasteiger charge is 1.96. The third-order valence-corrected chi connectivity index (χ3v) is 7.46. The summed E-state index contributed by atoms with van der Waals surface area (Å²) in [6, 6.07) is 0. The highest BCUT2D eigenvalue weighted by Crippen LogP contribution is 2.16. The van der Waals surface area contributed by atoms with E-state index in [-0.39, 0.29) is 0 Å². The summed E-state index contributed by atoms with van der Waals surface area (Å²) in [7, 11) is 0. The number of hydrogen-bond acceptors (Lipinski definition) is 0. The van der Waals surface area contributed by atoms with Crippen molar-refractivity contribution in [1.29, 1.82) is 0 Å². The first-order chi connectivity index (χ1) is 15.9. The first-order valence-corrected chi connectivity index (χ1v) is 15.9. The fraction of sp³-hybridized carbons (Fsp3) is 1.00. The van der Waals surface area contributed by atoms with E-state index < -0.39 is 0 Å². The van der Waals surface area contributed by atoms with Crippen LogP contribution in [-0.2, 0) is 0 Å². The van der Waals surface area contributed by atoms with Crippen molar-refractivity contribution in [2.24, 2.45) is 0 Å². The zero-order chi connectivity index (χ0) is 23.2. The van der Waals surface area contributed by atoms with Gasteiger partial charge in [0.2, 0.25) is 0 Å². The van der Waals surface area contributed by atoms with Crippen molar-refractivity contribution in [3.8, 4) is 0 Å². The van der Waals surface area contributed by atoms with Gasteiger partial charge in [0.25, 0.3) is 0 Å². The fourth-order valence-electron chi connectivity index (χ4n) is 5.10. The Bertz CT molecular complexity index is 264. The quantitative estimate of drug-likeness (QED) is 0.0985. The zero-order valence-electron chi connectivity index (χ0n) is 23.2. The second-order valence-corrected chi connectivity index (χ2v) is 10.9. The van der Waals surface area contributed by atoms with Gasteiger partial charge in [-0.2, -0.15) is 0 Å².